The van der Waals surface area contributed by atoms with Crippen LogP contribution in [0.1, 0.15) is 25.5 Å². The molecule has 5 nitrogen and oxygen atoms in total. The molecule has 0 saturated heterocycles. The van der Waals surface area contributed by atoms with Crippen molar-refractivity contribution < 1.29 is 9.32 Å². The van der Waals surface area contributed by atoms with Crippen LogP contribution in [0.4, 0.5) is 5.88 Å². The van der Waals surface area contributed by atoms with Gasteiger partial charge in [-0.2, -0.15) is 0 Å². The zero-order valence-corrected chi connectivity index (χ0v) is 9.12. The highest BCUT2D eigenvalue weighted by atomic mass is 16.5. The lowest BCUT2D eigenvalue weighted by Crippen LogP contribution is -2.21. The Morgan fingerprint density at radius 2 is 2.47 bits per heavy atom. The first-order chi connectivity index (χ1) is 7.15. The van der Waals surface area contributed by atoms with Gasteiger partial charge >= 0.3 is 0 Å². The van der Waals surface area contributed by atoms with Crippen LogP contribution in [0.5, 0.6) is 0 Å². The van der Waals surface area contributed by atoms with Crippen LogP contribution in [-0.4, -0.2) is 17.6 Å². The minimum Gasteiger partial charge on any atom is -0.338 e. The van der Waals surface area contributed by atoms with Gasteiger partial charge in [0.2, 0.25) is 11.8 Å². The number of carbonyl (C=O) groups is 1. The molecular weight excluding hydrogens is 194 g/mol. The molecule has 0 aliphatic carbocycles. The summed E-state index contributed by atoms with van der Waals surface area (Å²) in [7, 11) is 0. The second-order valence-electron chi connectivity index (χ2n) is 3.59. The van der Waals surface area contributed by atoms with Gasteiger partial charge in [-0.05, 0) is 19.4 Å². The van der Waals surface area contributed by atoms with Gasteiger partial charge in [0.1, 0.15) is 0 Å². The van der Waals surface area contributed by atoms with E-state index in [1.807, 2.05) is 6.92 Å². The van der Waals surface area contributed by atoms with E-state index < -0.39 is 0 Å². The summed E-state index contributed by atoms with van der Waals surface area (Å²) in [6.45, 7) is 4.34. The number of nitrogens with zero attached hydrogens (tertiary/aromatic N) is 1. The van der Waals surface area contributed by atoms with Gasteiger partial charge in [-0.25, -0.2) is 0 Å². The summed E-state index contributed by atoms with van der Waals surface area (Å²) < 4.78 is 4.87. The topological polar surface area (TPSA) is 81.2 Å². The highest BCUT2D eigenvalue weighted by Gasteiger charge is 2.12. The van der Waals surface area contributed by atoms with Crippen molar-refractivity contribution in [3.63, 3.8) is 0 Å². The van der Waals surface area contributed by atoms with Gasteiger partial charge < -0.3 is 10.3 Å². The number of aromatic nitrogens is 1. The van der Waals surface area contributed by atoms with E-state index in [4.69, 9.17) is 10.3 Å². The lowest BCUT2D eigenvalue weighted by atomic mass is 10.0. The molecule has 1 amide bonds. The van der Waals surface area contributed by atoms with Gasteiger partial charge in [0, 0.05) is 12.5 Å². The fourth-order valence-electron chi connectivity index (χ4n) is 1.27. The summed E-state index contributed by atoms with van der Waals surface area (Å²) in [4.78, 5) is 11.5. The first kappa shape index (κ1) is 11.7. The van der Waals surface area contributed by atoms with Crippen molar-refractivity contribution >= 4 is 11.8 Å². The van der Waals surface area contributed by atoms with Gasteiger partial charge in [0.15, 0.2) is 0 Å². The maximum atomic E-state index is 11.5. The van der Waals surface area contributed by atoms with Crippen LogP contribution in [-0.2, 0) is 4.79 Å². The van der Waals surface area contributed by atoms with E-state index in [0.29, 0.717) is 18.8 Å². The van der Waals surface area contributed by atoms with Crippen molar-refractivity contribution in [1.29, 1.82) is 0 Å². The molecule has 3 N–H and O–H groups in total. The molecule has 0 radical (unpaired) electrons. The van der Waals surface area contributed by atoms with E-state index in [2.05, 4.69) is 10.5 Å². The fourth-order valence-corrected chi connectivity index (χ4v) is 1.27. The molecule has 5 heteroatoms. The summed E-state index contributed by atoms with van der Waals surface area (Å²) in [6, 6.07) is 1.68. The standard InChI is InChI=1S/C10H17N3O2/c1-3-8(6-11)5-9(14)12-10-4-7(2)13-15-10/h4,8H,3,5-6,11H2,1-2H3,(H,12,14). The smallest absolute Gasteiger partial charge is 0.231 e. The van der Waals surface area contributed by atoms with Crippen molar-refractivity contribution in [3.8, 4) is 0 Å². The van der Waals surface area contributed by atoms with Gasteiger partial charge in [0.05, 0.1) is 5.69 Å². The molecule has 0 aromatic carbocycles. The highest BCUT2D eigenvalue weighted by Crippen LogP contribution is 2.11. The van der Waals surface area contributed by atoms with E-state index in [1.165, 1.54) is 0 Å². The van der Waals surface area contributed by atoms with Crippen molar-refractivity contribution in [2.45, 2.75) is 26.7 Å². The van der Waals surface area contributed by atoms with Gasteiger partial charge in [-0.15, -0.1) is 0 Å². The quantitative estimate of drug-likeness (QED) is 0.769. The molecule has 0 bridgehead atoms. The summed E-state index contributed by atoms with van der Waals surface area (Å²) in [6.07, 6.45) is 1.33. The Balaban J connectivity index is 2.42. The molecular formula is C10H17N3O2. The Kier molecular flexibility index (Phi) is 4.30. The third-order valence-electron chi connectivity index (χ3n) is 2.28. The fraction of sp³-hybridized carbons (Fsp3) is 0.600. The van der Waals surface area contributed by atoms with Crippen LogP contribution in [0.2, 0.25) is 0 Å². The van der Waals surface area contributed by atoms with Gasteiger partial charge in [-0.1, -0.05) is 18.5 Å². The average molecular weight is 211 g/mol. The van der Waals surface area contributed by atoms with Gasteiger partial charge in [-0.3, -0.25) is 10.1 Å². The molecule has 1 aromatic rings. The Hall–Kier alpha value is -1.36. The van der Waals surface area contributed by atoms with Crippen molar-refractivity contribution in [3.05, 3.63) is 11.8 Å². The maximum Gasteiger partial charge on any atom is 0.231 e. The molecule has 1 heterocycles. The molecule has 0 fully saturated rings. The van der Waals surface area contributed by atoms with Crippen LogP contribution in [0.3, 0.4) is 0 Å². The van der Waals surface area contributed by atoms with Crippen molar-refractivity contribution in [2.75, 3.05) is 11.9 Å². The summed E-state index contributed by atoms with van der Waals surface area (Å²) in [5, 5.41) is 6.31. The summed E-state index contributed by atoms with van der Waals surface area (Å²) >= 11 is 0. The average Bonchev–Trinajstić information content (AvgIpc) is 2.60. The number of nitrogens with one attached hydrogen (secondary N) is 1. The first-order valence-corrected chi connectivity index (χ1v) is 5.09. The van der Waals surface area contributed by atoms with Crippen LogP contribution in [0.25, 0.3) is 0 Å². The zero-order valence-electron chi connectivity index (χ0n) is 9.12. The minimum atomic E-state index is -0.0801. The number of nitrogens with two attached hydrogens (primary N) is 1. The van der Waals surface area contributed by atoms with E-state index in [-0.39, 0.29) is 11.8 Å². The molecule has 0 aliphatic heterocycles. The molecule has 84 valence electrons. The SMILES string of the molecule is CCC(CN)CC(=O)Nc1cc(C)no1. The van der Waals surface area contributed by atoms with Crippen LogP contribution >= 0.6 is 0 Å². The zero-order chi connectivity index (χ0) is 11.3. The van der Waals surface area contributed by atoms with Crippen molar-refractivity contribution in [2.24, 2.45) is 11.7 Å². The number of carbonyl (C=O) groups excluding carboxylic acids is 1. The lowest BCUT2D eigenvalue weighted by Gasteiger charge is -2.10. The predicted octanol–water partition coefficient (Wildman–Crippen LogP) is 1.30. The van der Waals surface area contributed by atoms with E-state index in [0.717, 1.165) is 12.1 Å². The van der Waals surface area contributed by atoms with Gasteiger partial charge in [0.25, 0.3) is 0 Å². The molecule has 1 atom stereocenters. The highest BCUT2D eigenvalue weighted by molar-refractivity contribution is 5.89. The second kappa shape index (κ2) is 5.50. The second-order valence-corrected chi connectivity index (χ2v) is 3.59. The number of aryl methyl sites for hydroxylation is 1. The lowest BCUT2D eigenvalue weighted by molar-refractivity contribution is -0.117. The first-order valence-electron chi connectivity index (χ1n) is 5.09. The molecule has 1 aromatic heterocycles. The Labute approximate surface area is 89.0 Å². The van der Waals surface area contributed by atoms with E-state index in [9.17, 15) is 4.79 Å². The molecule has 0 aliphatic rings. The third-order valence-corrected chi connectivity index (χ3v) is 2.28. The Bertz CT molecular complexity index is 318. The monoisotopic (exact) mass is 211 g/mol. The minimum absolute atomic E-state index is 0.0801. The Morgan fingerprint density at radius 3 is 2.93 bits per heavy atom. The summed E-state index contributed by atoms with van der Waals surface area (Å²) in [5.74, 6) is 0.543. The number of anilines is 1. The molecule has 15 heavy (non-hydrogen) atoms. The van der Waals surface area contributed by atoms with E-state index in [1.54, 1.807) is 13.0 Å². The number of hydrogen-bond acceptors (Lipinski definition) is 4. The predicted molar refractivity (Wildman–Crippen MR) is 57.3 cm³/mol. The molecule has 1 unspecified atom stereocenters. The van der Waals surface area contributed by atoms with Crippen LogP contribution in [0, 0.1) is 12.8 Å². The molecule has 1 rings (SSSR count). The van der Waals surface area contributed by atoms with Crippen LogP contribution < -0.4 is 11.1 Å². The largest absolute Gasteiger partial charge is 0.338 e. The van der Waals surface area contributed by atoms with Crippen molar-refractivity contribution in [1.82, 2.24) is 5.16 Å². The maximum absolute atomic E-state index is 11.5. The number of rotatable bonds is 5. The number of hydrogen-bond donors (Lipinski definition) is 2. The normalized spacial score (nSPS) is 12.5. The third kappa shape index (κ3) is 3.71. The molecule has 0 saturated carbocycles. The number of amides is 1. The summed E-state index contributed by atoms with van der Waals surface area (Å²) in [5.41, 5.74) is 6.26. The Morgan fingerprint density at radius 1 is 1.73 bits per heavy atom. The molecule has 0 spiro atoms. The van der Waals surface area contributed by atoms with Crippen LogP contribution in [0.15, 0.2) is 10.6 Å². The van der Waals surface area contributed by atoms with E-state index >= 15 is 0 Å².